The molecule has 4 atom stereocenters. The number of carbonyl (C=O) groups excluding carboxylic acids is 2. The first-order valence-corrected chi connectivity index (χ1v) is 8.07. The van der Waals surface area contributed by atoms with Crippen LogP contribution in [0.25, 0.3) is 10.9 Å². The van der Waals surface area contributed by atoms with Gasteiger partial charge in [-0.15, -0.1) is 0 Å². The number of hydrogen-bond acceptors (Lipinski definition) is 3. The van der Waals surface area contributed by atoms with Gasteiger partial charge in [0.05, 0.1) is 23.0 Å². The Morgan fingerprint density at radius 3 is 2.43 bits per heavy atom. The molecule has 0 N–H and O–H groups in total. The van der Waals surface area contributed by atoms with Crippen LogP contribution < -0.4 is 4.90 Å². The number of imide groups is 1. The van der Waals surface area contributed by atoms with Crippen molar-refractivity contribution in [1.29, 1.82) is 0 Å². The summed E-state index contributed by atoms with van der Waals surface area (Å²) in [6.45, 7) is 2.01. The first-order valence-electron chi connectivity index (χ1n) is 8.07. The number of rotatable bonds is 1. The third kappa shape index (κ3) is 1.53. The number of hydrogen-bond donors (Lipinski definition) is 0. The molecule has 2 fully saturated rings. The lowest BCUT2D eigenvalue weighted by Crippen LogP contribution is -2.33. The SMILES string of the molecule is Cc1ccnc2c(N3C(=O)[C@@H]4[C@H](C3=O)[C@@H]3C=C[C@@H]4C3)cccc12. The first kappa shape index (κ1) is 13.0. The van der Waals surface area contributed by atoms with E-state index in [2.05, 4.69) is 17.1 Å². The second-order valence-corrected chi connectivity index (χ2v) is 6.81. The van der Waals surface area contributed by atoms with Crippen molar-refractivity contribution in [3.63, 3.8) is 0 Å². The van der Waals surface area contributed by atoms with E-state index in [0.29, 0.717) is 5.69 Å². The van der Waals surface area contributed by atoms with E-state index in [4.69, 9.17) is 0 Å². The number of para-hydroxylation sites is 1. The zero-order chi connectivity index (χ0) is 15.7. The summed E-state index contributed by atoms with van der Waals surface area (Å²) in [4.78, 5) is 31.8. The van der Waals surface area contributed by atoms with Crippen LogP contribution in [0.5, 0.6) is 0 Å². The number of anilines is 1. The first-order chi connectivity index (χ1) is 11.2. The van der Waals surface area contributed by atoms with Crippen LogP contribution in [-0.4, -0.2) is 16.8 Å². The van der Waals surface area contributed by atoms with Gasteiger partial charge in [-0.3, -0.25) is 14.6 Å². The van der Waals surface area contributed by atoms with Gasteiger partial charge in [0.25, 0.3) is 0 Å². The van der Waals surface area contributed by atoms with Gasteiger partial charge >= 0.3 is 0 Å². The number of nitrogens with zero attached hydrogens (tertiary/aromatic N) is 2. The number of aromatic nitrogens is 1. The third-order valence-electron chi connectivity index (χ3n) is 5.68. The van der Waals surface area contributed by atoms with Crippen molar-refractivity contribution >= 4 is 28.4 Å². The molecular weight excluding hydrogens is 288 g/mol. The van der Waals surface area contributed by atoms with Crippen molar-refractivity contribution in [2.45, 2.75) is 13.3 Å². The standard InChI is InChI=1S/C19H16N2O2/c1-10-7-8-20-17-13(10)3-2-4-14(17)21-18(22)15-11-5-6-12(9-11)16(15)19(21)23/h2-8,11-12,15-16H,9H2,1H3/t11-,12-,15-,16+/m1/s1. The summed E-state index contributed by atoms with van der Waals surface area (Å²) in [6.07, 6.45) is 6.92. The fourth-order valence-electron chi connectivity index (χ4n) is 4.62. The zero-order valence-corrected chi connectivity index (χ0v) is 12.8. The molecule has 5 rings (SSSR count). The number of carbonyl (C=O) groups is 2. The Labute approximate surface area is 133 Å². The van der Waals surface area contributed by atoms with Crippen LogP contribution in [0, 0.1) is 30.6 Å². The van der Waals surface area contributed by atoms with Crippen molar-refractivity contribution in [1.82, 2.24) is 4.98 Å². The molecule has 1 aromatic heterocycles. The molecule has 1 saturated carbocycles. The van der Waals surface area contributed by atoms with E-state index in [-0.39, 0.29) is 35.5 Å². The summed E-state index contributed by atoms with van der Waals surface area (Å²) in [5, 5.41) is 0.990. The van der Waals surface area contributed by atoms with Crippen LogP contribution in [0.3, 0.4) is 0 Å². The maximum Gasteiger partial charge on any atom is 0.238 e. The van der Waals surface area contributed by atoms with E-state index < -0.39 is 0 Å². The van der Waals surface area contributed by atoms with Crippen molar-refractivity contribution in [2.24, 2.45) is 23.7 Å². The molecule has 2 bridgehead atoms. The van der Waals surface area contributed by atoms with E-state index >= 15 is 0 Å². The number of aryl methyl sites for hydroxylation is 1. The topological polar surface area (TPSA) is 50.3 Å². The second kappa shape index (κ2) is 4.28. The van der Waals surface area contributed by atoms with Crippen LogP contribution in [0.4, 0.5) is 5.69 Å². The molecule has 2 aromatic rings. The molecule has 0 spiro atoms. The molecule has 3 aliphatic rings. The Hall–Kier alpha value is -2.49. The van der Waals surface area contributed by atoms with Crippen molar-refractivity contribution in [3.8, 4) is 0 Å². The van der Waals surface area contributed by atoms with Crippen LogP contribution in [0.2, 0.25) is 0 Å². The van der Waals surface area contributed by atoms with Crippen LogP contribution in [0.15, 0.2) is 42.6 Å². The van der Waals surface area contributed by atoms with Gasteiger partial charge in [0.1, 0.15) is 0 Å². The minimum Gasteiger partial charge on any atom is -0.274 e. The number of amides is 2. The number of benzene rings is 1. The van der Waals surface area contributed by atoms with Crippen molar-refractivity contribution in [2.75, 3.05) is 4.90 Å². The van der Waals surface area contributed by atoms with E-state index in [1.807, 2.05) is 31.2 Å². The molecule has 4 nitrogen and oxygen atoms in total. The minimum absolute atomic E-state index is 0.0485. The summed E-state index contributed by atoms with van der Waals surface area (Å²) in [7, 11) is 0. The fraction of sp³-hybridized carbons (Fsp3) is 0.316. The third-order valence-corrected chi connectivity index (χ3v) is 5.68. The zero-order valence-electron chi connectivity index (χ0n) is 12.8. The van der Waals surface area contributed by atoms with Gasteiger partial charge < -0.3 is 0 Å². The molecule has 23 heavy (non-hydrogen) atoms. The molecule has 1 aromatic carbocycles. The lowest BCUT2D eigenvalue weighted by atomic mass is 9.85. The maximum atomic E-state index is 13.0. The quantitative estimate of drug-likeness (QED) is 0.601. The van der Waals surface area contributed by atoms with Gasteiger partial charge in [-0.1, -0.05) is 24.3 Å². The Morgan fingerprint density at radius 2 is 1.74 bits per heavy atom. The van der Waals surface area contributed by atoms with Crippen LogP contribution in [-0.2, 0) is 9.59 Å². The minimum atomic E-state index is -0.169. The van der Waals surface area contributed by atoms with Crippen LogP contribution >= 0.6 is 0 Å². The molecule has 114 valence electrons. The number of fused-ring (bicyclic) bond motifs is 6. The van der Waals surface area contributed by atoms with E-state index in [1.54, 1.807) is 6.20 Å². The molecular formula is C19H16N2O2. The number of pyridine rings is 1. The maximum absolute atomic E-state index is 13.0. The normalized spacial score (nSPS) is 31.4. The molecule has 2 heterocycles. The molecule has 0 radical (unpaired) electrons. The molecule has 1 aliphatic heterocycles. The van der Waals surface area contributed by atoms with Crippen LogP contribution in [0.1, 0.15) is 12.0 Å². The molecule has 4 heteroatoms. The largest absolute Gasteiger partial charge is 0.274 e. The van der Waals surface area contributed by atoms with E-state index in [0.717, 1.165) is 22.9 Å². The average Bonchev–Trinajstić information content (AvgIpc) is 3.22. The average molecular weight is 304 g/mol. The van der Waals surface area contributed by atoms with Gasteiger partial charge in [0.2, 0.25) is 11.8 Å². The molecule has 1 saturated heterocycles. The highest BCUT2D eigenvalue weighted by Gasteiger charge is 2.59. The van der Waals surface area contributed by atoms with Crippen molar-refractivity contribution < 1.29 is 9.59 Å². The van der Waals surface area contributed by atoms with Crippen molar-refractivity contribution in [3.05, 3.63) is 48.2 Å². The fourth-order valence-corrected chi connectivity index (χ4v) is 4.62. The molecule has 2 amide bonds. The lowest BCUT2D eigenvalue weighted by Gasteiger charge is -2.19. The second-order valence-electron chi connectivity index (χ2n) is 6.81. The Morgan fingerprint density at radius 1 is 1.04 bits per heavy atom. The molecule has 0 unspecified atom stereocenters. The van der Waals surface area contributed by atoms with E-state index in [9.17, 15) is 9.59 Å². The summed E-state index contributed by atoms with van der Waals surface area (Å²) in [6, 6.07) is 7.66. The van der Waals surface area contributed by atoms with Gasteiger partial charge in [-0.2, -0.15) is 0 Å². The van der Waals surface area contributed by atoms with Gasteiger partial charge in [-0.25, -0.2) is 4.90 Å². The summed E-state index contributed by atoms with van der Waals surface area (Å²) in [5.41, 5.74) is 2.46. The Balaban J connectivity index is 1.68. The monoisotopic (exact) mass is 304 g/mol. The Bertz CT molecular complexity index is 871. The summed E-state index contributed by atoms with van der Waals surface area (Å²) < 4.78 is 0. The van der Waals surface area contributed by atoms with Gasteiger partial charge in [-0.05, 0) is 42.9 Å². The van der Waals surface area contributed by atoms with Gasteiger partial charge in [0.15, 0.2) is 0 Å². The predicted molar refractivity (Wildman–Crippen MR) is 86.7 cm³/mol. The predicted octanol–water partition coefficient (Wildman–Crippen LogP) is 2.85. The number of allylic oxidation sites excluding steroid dienone is 2. The highest BCUT2D eigenvalue weighted by Crippen LogP contribution is 2.53. The Kier molecular flexibility index (Phi) is 2.42. The van der Waals surface area contributed by atoms with E-state index in [1.165, 1.54) is 4.90 Å². The summed E-state index contributed by atoms with van der Waals surface area (Å²) in [5.74, 6) is 0.0303. The smallest absolute Gasteiger partial charge is 0.238 e. The highest BCUT2D eigenvalue weighted by molar-refractivity contribution is 6.25. The highest BCUT2D eigenvalue weighted by atomic mass is 16.2. The van der Waals surface area contributed by atoms with Gasteiger partial charge in [0, 0.05) is 11.6 Å². The lowest BCUT2D eigenvalue weighted by molar-refractivity contribution is -0.123. The molecule has 2 aliphatic carbocycles. The summed E-state index contributed by atoms with van der Waals surface area (Å²) >= 11 is 0.